The van der Waals surface area contributed by atoms with Crippen LogP contribution in [0.5, 0.6) is 0 Å². The van der Waals surface area contributed by atoms with E-state index in [-0.39, 0.29) is 5.13 Å². The summed E-state index contributed by atoms with van der Waals surface area (Å²) < 4.78 is 14.6. The number of hydrogen-bond donors (Lipinski definition) is 1. The van der Waals surface area contributed by atoms with Gasteiger partial charge in [0.25, 0.3) is 0 Å². The molecule has 0 saturated carbocycles. The lowest BCUT2D eigenvalue weighted by Crippen LogP contribution is -2.12. The predicted octanol–water partition coefficient (Wildman–Crippen LogP) is 2.22. The van der Waals surface area contributed by atoms with Gasteiger partial charge in [0.1, 0.15) is 0 Å². The molecular formula is C11H14FN3S. The van der Waals surface area contributed by atoms with Crippen LogP contribution in [0.15, 0.2) is 18.3 Å². The maximum absolute atomic E-state index is 12.7. The maximum Gasteiger partial charge on any atom is 0.176 e. The number of nitrogens with zero attached hydrogens (tertiary/aromatic N) is 2. The van der Waals surface area contributed by atoms with Gasteiger partial charge in [0.15, 0.2) is 5.13 Å². The van der Waals surface area contributed by atoms with Gasteiger partial charge < -0.3 is 5.32 Å². The Hall–Kier alpha value is -1.20. The molecule has 0 bridgehead atoms. The molecule has 0 radical (unpaired) electrons. The van der Waals surface area contributed by atoms with E-state index in [1.807, 2.05) is 30.9 Å². The van der Waals surface area contributed by atoms with Crippen molar-refractivity contribution in [2.75, 3.05) is 0 Å². The molecule has 16 heavy (non-hydrogen) atoms. The van der Waals surface area contributed by atoms with Gasteiger partial charge in [-0.3, -0.25) is 4.68 Å². The normalized spacial score (nSPS) is 10.9. The van der Waals surface area contributed by atoms with E-state index in [1.54, 1.807) is 0 Å². The molecule has 0 fully saturated rings. The Morgan fingerprint density at radius 1 is 1.44 bits per heavy atom. The van der Waals surface area contributed by atoms with Gasteiger partial charge in [-0.15, -0.1) is 11.3 Å². The van der Waals surface area contributed by atoms with Gasteiger partial charge in [-0.05, 0) is 19.1 Å². The van der Waals surface area contributed by atoms with Crippen molar-refractivity contribution < 1.29 is 4.39 Å². The second-order valence-corrected chi connectivity index (χ2v) is 4.81. The highest BCUT2D eigenvalue weighted by Crippen LogP contribution is 2.14. The summed E-state index contributed by atoms with van der Waals surface area (Å²) in [7, 11) is 1.92. The Morgan fingerprint density at radius 2 is 2.25 bits per heavy atom. The minimum absolute atomic E-state index is 0.130. The van der Waals surface area contributed by atoms with Crippen LogP contribution in [0.4, 0.5) is 4.39 Å². The minimum Gasteiger partial charge on any atom is -0.308 e. The molecule has 0 unspecified atom stereocenters. The molecule has 0 atom stereocenters. The number of rotatable bonds is 4. The van der Waals surface area contributed by atoms with Crippen LogP contribution in [-0.2, 0) is 20.1 Å². The summed E-state index contributed by atoms with van der Waals surface area (Å²) in [6.07, 6.45) is 1.86. The van der Waals surface area contributed by atoms with E-state index in [0.29, 0.717) is 6.54 Å². The average molecular weight is 239 g/mol. The lowest BCUT2D eigenvalue weighted by atomic mass is 10.2. The highest BCUT2D eigenvalue weighted by atomic mass is 32.1. The van der Waals surface area contributed by atoms with Crippen molar-refractivity contribution in [1.29, 1.82) is 0 Å². The number of aromatic nitrogens is 2. The zero-order valence-electron chi connectivity index (χ0n) is 9.33. The fraction of sp³-hybridized carbons (Fsp3) is 0.364. The molecule has 0 aliphatic heterocycles. The minimum atomic E-state index is -0.130. The molecular weight excluding hydrogens is 225 g/mol. The molecule has 1 N–H and O–H groups in total. The Morgan fingerprint density at radius 3 is 2.81 bits per heavy atom. The lowest BCUT2D eigenvalue weighted by Gasteiger charge is -2.02. The van der Waals surface area contributed by atoms with Gasteiger partial charge >= 0.3 is 0 Å². The molecule has 0 aromatic carbocycles. The molecule has 3 nitrogen and oxygen atoms in total. The smallest absolute Gasteiger partial charge is 0.176 e. The third kappa shape index (κ3) is 2.48. The second kappa shape index (κ2) is 4.76. The first-order valence-electron chi connectivity index (χ1n) is 5.09. The van der Waals surface area contributed by atoms with Gasteiger partial charge in [-0.1, -0.05) is 0 Å². The Balaban J connectivity index is 1.86. The SMILES string of the molecule is Cc1c(CNCc2ccc(F)s2)cnn1C. The number of hydrogen-bond acceptors (Lipinski definition) is 3. The van der Waals surface area contributed by atoms with Crippen molar-refractivity contribution >= 4 is 11.3 Å². The molecule has 2 heterocycles. The van der Waals surface area contributed by atoms with Gasteiger partial charge in [-0.25, -0.2) is 0 Å². The standard InChI is InChI=1S/C11H14FN3S/c1-8-9(6-14-15(8)2)5-13-7-10-3-4-11(12)16-10/h3-4,6,13H,5,7H2,1-2H3. The number of thiophene rings is 1. The summed E-state index contributed by atoms with van der Waals surface area (Å²) in [6.45, 7) is 3.50. The highest BCUT2D eigenvalue weighted by molar-refractivity contribution is 7.10. The van der Waals surface area contributed by atoms with E-state index in [2.05, 4.69) is 10.4 Å². The summed E-state index contributed by atoms with van der Waals surface area (Å²) in [6, 6.07) is 3.31. The first kappa shape index (κ1) is 11.3. The van der Waals surface area contributed by atoms with Crippen LogP contribution in [0.25, 0.3) is 0 Å². The van der Waals surface area contributed by atoms with Crippen molar-refractivity contribution in [3.05, 3.63) is 39.6 Å². The Labute approximate surface area is 97.9 Å². The fourth-order valence-electron chi connectivity index (χ4n) is 1.48. The van der Waals surface area contributed by atoms with E-state index < -0.39 is 0 Å². The zero-order valence-corrected chi connectivity index (χ0v) is 10.1. The van der Waals surface area contributed by atoms with Gasteiger partial charge in [0, 0.05) is 36.3 Å². The molecule has 0 saturated heterocycles. The van der Waals surface area contributed by atoms with Crippen LogP contribution in [0.2, 0.25) is 0 Å². The lowest BCUT2D eigenvalue weighted by molar-refractivity contribution is 0.657. The van der Waals surface area contributed by atoms with E-state index in [4.69, 9.17) is 0 Å². The number of aryl methyl sites for hydroxylation is 1. The topological polar surface area (TPSA) is 29.9 Å². The molecule has 0 spiro atoms. The Kier molecular flexibility index (Phi) is 3.36. The highest BCUT2D eigenvalue weighted by Gasteiger charge is 2.03. The molecule has 0 aliphatic rings. The van der Waals surface area contributed by atoms with Crippen LogP contribution in [0.1, 0.15) is 16.1 Å². The van der Waals surface area contributed by atoms with E-state index in [0.717, 1.165) is 17.1 Å². The van der Waals surface area contributed by atoms with Crippen LogP contribution in [0, 0.1) is 12.1 Å². The second-order valence-electron chi connectivity index (χ2n) is 3.69. The molecule has 2 aromatic rings. The van der Waals surface area contributed by atoms with Gasteiger partial charge in [0.2, 0.25) is 0 Å². The first-order chi connectivity index (χ1) is 7.66. The zero-order chi connectivity index (χ0) is 11.5. The summed E-state index contributed by atoms with van der Waals surface area (Å²) in [5.41, 5.74) is 2.34. The van der Waals surface area contributed by atoms with Crippen LogP contribution >= 0.6 is 11.3 Å². The largest absolute Gasteiger partial charge is 0.308 e. The van der Waals surface area contributed by atoms with Crippen molar-refractivity contribution in [3.63, 3.8) is 0 Å². The summed E-state index contributed by atoms with van der Waals surface area (Å²) >= 11 is 1.18. The van der Waals surface area contributed by atoms with Gasteiger partial charge in [-0.2, -0.15) is 9.49 Å². The Bertz CT molecular complexity index is 475. The van der Waals surface area contributed by atoms with Crippen LogP contribution in [-0.4, -0.2) is 9.78 Å². The van der Waals surface area contributed by atoms with E-state index in [1.165, 1.54) is 23.0 Å². The number of halogens is 1. The maximum atomic E-state index is 12.7. The van der Waals surface area contributed by atoms with Crippen molar-refractivity contribution in [1.82, 2.24) is 15.1 Å². The predicted molar refractivity (Wildman–Crippen MR) is 62.8 cm³/mol. The summed E-state index contributed by atoms with van der Waals surface area (Å²) in [5.74, 6) is 0. The summed E-state index contributed by atoms with van der Waals surface area (Å²) in [5, 5.41) is 7.31. The molecule has 0 amide bonds. The van der Waals surface area contributed by atoms with Gasteiger partial charge in [0.05, 0.1) is 6.20 Å². The third-order valence-electron chi connectivity index (χ3n) is 2.58. The third-order valence-corrected chi connectivity index (χ3v) is 3.45. The molecule has 2 rings (SSSR count). The van der Waals surface area contributed by atoms with Crippen molar-refractivity contribution in [2.45, 2.75) is 20.0 Å². The molecule has 2 aromatic heterocycles. The molecule has 0 aliphatic carbocycles. The molecule has 5 heteroatoms. The van der Waals surface area contributed by atoms with E-state index in [9.17, 15) is 4.39 Å². The number of nitrogens with one attached hydrogen (secondary N) is 1. The quantitative estimate of drug-likeness (QED) is 0.886. The van der Waals surface area contributed by atoms with Crippen LogP contribution in [0.3, 0.4) is 0 Å². The fourth-order valence-corrected chi connectivity index (χ4v) is 2.18. The van der Waals surface area contributed by atoms with Crippen molar-refractivity contribution in [2.24, 2.45) is 7.05 Å². The monoisotopic (exact) mass is 239 g/mol. The van der Waals surface area contributed by atoms with E-state index >= 15 is 0 Å². The van der Waals surface area contributed by atoms with Crippen molar-refractivity contribution in [3.8, 4) is 0 Å². The average Bonchev–Trinajstić information content (AvgIpc) is 2.79. The first-order valence-corrected chi connectivity index (χ1v) is 5.91. The molecule has 86 valence electrons. The summed E-state index contributed by atoms with van der Waals surface area (Å²) in [4.78, 5) is 1.01. The van der Waals surface area contributed by atoms with Crippen LogP contribution < -0.4 is 5.32 Å².